The first kappa shape index (κ1) is 25.9. The molecule has 2 aromatic heterocycles. The third-order valence-corrected chi connectivity index (χ3v) is 7.33. The number of carbonyl (C=O) groups excluding carboxylic acids is 1. The molecule has 0 aliphatic carbocycles. The Morgan fingerprint density at radius 1 is 1.16 bits per heavy atom. The van der Waals surface area contributed by atoms with Gasteiger partial charge in [-0.25, -0.2) is 9.97 Å². The molecule has 1 amide bonds. The molecule has 0 bridgehead atoms. The molecule has 200 valence electrons. The molecule has 38 heavy (non-hydrogen) atoms. The van der Waals surface area contributed by atoms with Crippen molar-refractivity contribution in [2.75, 3.05) is 69.0 Å². The van der Waals surface area contributed by atoms with Crippen molar-refractivity contribution in [2.45, 2.75) is 25.8 Å². The van der Waals surface area contributed by atoms with Crippen molar-refractivity contribution in [3.05, 3.63) is 59.4 Å². The van der Waals surface area contributed by atoms with E-state index in [1.807, 2.05) is 71.5 Å². The van der Waals surface area contributed by atoms with E-state index in [2.05, 4.69) is 31.1 Å². The summed E-state index contributed by atoms with van der Waals surface area (Å²) in [4.78, 5) is 34.6. The van der Waals surface area contributed by atoms with Crippen LogP contribution in [0.1, 0.15) is 23.7 Å². The molecular formula is C28H36N8O2. The van der Waals surface area contributed by atoms with Crippen LogP contribution in [0, 0.1) is 6.92 Å². The van der Waals surface area contributed by atoms with Crippen LogP contribution in [-0.4, -0.2) is 89.7 Å². The van der Waals surface area contributed by atoms with Gasteiger partial charge < -0.3 is 30.0 Å². The maximum Gasteiger partial charge on any atom is 0.241 e. The summed E-state index contributed by atoms with van der Waals surface area (Å²) < 4.78 is 0. The molecule has 1 fully saturated rings. The summed E-state index contributed by atoms with van der Waals surface area (Å²) in [6, 6.07) is 12.1. The normalized spacial score (nSPS) is 19.3. The molecular weight excluding hydrogens is 480 g/mol. The predicted molar refractivity (Wildman–Crippen MR) is 149 cm³/mol. The monoisotopic (exact) mass is 516 g/mol. The number of amides is 1. The first-order chi connectivity index (χ1) is 18.2. The molecule has 0 radical (unpaired) electrons. The number of nitrogens with zero attached hydrogens (tertiary/aromatic N) is 7. The third kappa shape index (κ3) is 5.01. The largest absolute Gasteiger partial charge is 0.395 e. The highest BCUT2D eigenvalue weighted by atomic mass is 16.3. The molecule has 4 heterocycles. The van der Waals surface area contributed by atoms with Crippen molar-refractivity contribution < 1.29 is 9.90 Å². The van der Waals surface area contributed by atoms with Gasteiger partial charge in [-0.1, -0.05) is 13.0 Å². The maximum absolute atomic E-state index is 12.2. The molecule has 10 nitrogen and oxygen atoms in total. The smallest absolute Gasteiger partial charge is 0.241 e. The molecule has 1 aromatic carbocycles. The fourth-order valence-corrected chi connectivity index (χ4v) is 5.11. The summed E-state index contributed by atoms with van der Waals surface area (Å²) in [6.45, 7) is 7.28. The number of nitrogens with one attached hydrogen (secondary N) is 1. The van der Waals surface area contributed by atoms with Gasteiger partial charge in [0, 0.05) is 61.8 Å². The molecule has 2 aliphatic rings. The third-order valence-electron chi connectivity index (χ3n) is 7.33. The number of likely N-dealkylation sites (N-methyl/N-ethyl adjacent to an activating group) is 1. The van der Waals surface area contributed by atoms with E-state index >= 15 is 0 Å². The molecule has 0 unspecified atom stereocenters. The zero-order chi connectivity index (χ0) is 27.0. The van der Waals surface area contributed by atoms with Crippen LogP contribution in [-0.2, 0) is 16.8 Å². The molecule has 2 aliphatic heterocycles. The number of hydrogen-bond acceptors (Lipinski definition) is 9. The lowest BCUT2D eigenvalue weighted by molar-refractivity contribution is -0.129. The second kappa shape index (κ2) is 10.2. The van der Waals surface area contributed by atoms with E-state index in [-0.39, 0.29) is 12.5 Å². The predicted octanol–water partition coefficient (Wildman–Crippen LogP) is 2.67. The minimum atomic E-state index is -0.495. The van der Waals surface area contributed by atoms with Crippen LogP contribution in [0.2, 0.25) is 0 Å². The number of benzene rings is 1. The van der Waals surface area contributed by atoms with Crippen molar-refractivity contribution in [1.82, 2.24) is 24.8 Å². The first-order valence-corrected chi connectivity index (χ1v) is 12.9. The molecule has 0 spiro atoms. The number of aliphatic hydroxyl groups excluding tert-OH is 1. The molecule has 1 atom stereocenters. The van der Waals surface area contributed by atoms with Gasteiger partial charge in [-0.15, -0.1) is 0 Å². The van der Waals surface area contributed by atoms with Gasteiger partial charge in [0.1, 0.15) is 11.6 Å². The second-order valence-electron chi connectivity index (χ2n) is 10.8. The van der Waals surface area contributed by atoms with Crippen molar-refractivity contribution in [1.29, 1.82) is 0 Å². The van der Waals surface area contributed by atoms with Crippen LogP contribution in [0.4, 0.5) is 29.0 Å². The summed E-state index contributed by atoms with van der Waals surface area (Å²) >= 11 is 0. The van der Waals surface area contributed by atoms with Gasteiger partial charge in [0.15, 0.2) is 0 Å². The number of aromatic nitrogens is 3. The van der Waals surface area contributed by atoms with Gasteiger partial charge in [0.25, 0.3) is 0 Å². The average Bonchev–Trinajstić information content (AvgIpc) is 3.18. The number of anilines is 5. The summed E-state index contributed by atoms with van der Waals surface area (Å²) in [5.41, 5.74) is 4.37. The maximum atomic E-state index is 12.2. The molecule has 0 saturated carbocycles. The van der Waals surface area contributed by atoms with Gasteiger partial charge in [-0.3, -0.25) is 4.79 Å². The number of fused-ring (bicyclic) bond motifs is 1. The van der Waals surface area contributed by atoms with E-state index < -0.39 is 5.41 Å². The highest BCUT2D eigenvalue weighted by Crippen LogP contribution is 2.43. The fraction of sp³-hybridized carbons (Fsp3) is 0.429. The SMILES string of the molecule is Cc1cc(Nc2ncc3c(n2)N(c2cccc(CN(C)C)n2)C[C@]3(C)CO)ccc1N1CCN(C)C(=O)C1. The summed E-state index contributed by atoms with van der Waals surface area (Å²) in [5, 5.41) is 13.6. The molecule has 3 aromatic rings. The Balaban J connectivity index is 1.41. The number of hydrogen-bond donors (Lipinski definition) is 2. The molecule has 5 rings (SSSR count). The van der Waals surface area contributed by atoms with E-state index in [9.17, 15) is 9.90 Å². The van der Waals surface area contributed by atoms with E-state index in [0.717, 1.165) is 59.5 Å². The van der Waals surface area contributed by atoms with Crippen molar-refractivity contribution in [3.63, 3.8) is 0 Å². The van der Waals surface area contributed by atoms with Crippen LogP contribution in [0.15, 0.2) is 42.6 Å². The van der Waals surface area contributed by atoms with Gasteiger partial charge in [-0.05, 0) is 56.9 Å². The Kier molecular flexibility index (Phi) is 6.93. The quantitative estimate of drug-likeness (QED) is 0.491. The Morgan fingerprint density at radius 3 is 2.68 bits per heavy atom. The Bertz CT molecular complexity index is 1350. The van der Waals surface area contributed by atoms with Gasteiger partial charge in [0.05, 0.1) is 18.8 Å². The highest BCUT2D eigenvalue weighted by molar-refractivity contribution is 5.83. The van der Waals surface area contributed by atoms with E-state index in [0.29, 0.717) is 19.0 Å². The minimum Gasteiger partial charge on any atom is -0.395 e. The number of carbonyl (C=O) groups is 1. The van der Waals surface area contributed by atoms with Crippen LogP contribution in [0.3, 0.4) is 0 Å². The van der Waals surface area contributed by atoms with Crippen LogP contribution in [0.25, 0.3) is 0 Å². The number of rotatable bonds is 7. The molecule has 1 saturated heterocycles. The first-order valence-electron chi connectivity index (χ1n) is 12.9. The van der Waals surface area contributed by atoms with Crippen LogP contribution in [0.5, 0.6) is 0 Å². The van der Waals surface area contributed by atoms with Gasteiger partial charge in [-0.2, -0.15) is 4.98 Å². The van der Waals surface area contributed by atoms with Crippen molar-refractivity contribution >= 4 is 34.9 Å². The summed E-state index contributed by atoms with van der Waals surface area (Å²) in [5.74, 6) is 2.15. The number of aryl methyl sites for hydroxylation is 1. The minimum absolute atomic E-state index is 0.0144. The average molecular weight is 517 g/mol. The topological polar surface area (TPSA) is 101 Å². The lowest BCUT2D eigenvalue weighted by Crippen LogP contribution is -2.48. The Morgan fingerprint density at radius 2 is 1.97 bits per heavy atom. The Labute approximate surface area is 223 Å². The zero-order valence-electron chi connectivity index (χ0n) is 22.8. The Hall–Kier alpha value is -3.76. The summed E-state index contributed by atoms with van der Waals surface area (Å²) in [6.07, 6.45) is 1.81. The van der Waals surface area contributed by atoms with Crippen molar-refractivity contribution in [3.8, 4) is 0 Å². The number of piperazine rings is 1. The zero-order valence-corrected chi connectivity index (χ0v) is 22.8. The van der Waals surface area contributed by atoms with Gasteiger partial charge in [0.2, 0.25) is 11.9 Å². The lowest BCUT2D eigenvalue weighted by atomic mass is 9.87. The van der Waals surface area contributed by atoms with E-state index in [4.69, 9.17) is 9.97 Å². The van der Waals surface area contributed by atoms with Crippen LogP contribution < -0.4 is 15.1 Å². The fourth-order valence-electron chi connectivity index (χ4n) is 5.11. The molecule has 10 heteroatoms. The van der Waals surface area contributed by atoms with Crippen molar-refractivity contribution in [2.24, 2.45) is 0 Å². The van der Waals surface area contributed by atoms with Gasteiger partial charge >= 0.3 is 0 Å². The van der Waals surface area contributed by atoms with E-state index in [1.54, 1.807) is 4.90 Å². The lowest BCUT2D eigenvalue weighted by Gasteiger charge is -2.34. The summed E-state index contributed by atoms with van der Waals surface area (Å²) in [7, 11) is 5.88. The number of aliphatic hydroxyl groups is 1. The molecule has 2 N–H and O–H groups in total. The number of pyridine rings is 1. The standard InChI is InChI=1S/C28H36N8O2/c1-19-13-20(9-10-23(19)35-12-11-34(5)25(38)16-35)31-27-29-14-22-26(32-27)36(17-28(22,2)18-37)24-8-6-7-21(30-24)15-33(3)4/h6-10,13-14,37H,11-12,15-18H2,1-5H3,(H,29,31,32)/t28-/m1/s1. The van der Waals surface area contributed by atoms with Crippen LogP contribution >= 0.6 is 0 Å². The second-order valence-corrected chi connectivity index (χ2v) is 10.8. The highest BCUT2D eigenvalue weighted by Gasteiger charge is 2.41. The van der Waals surface area contributed by atoms with E-state index in [1.165, 1.54) is 0 Å².